The molecule has 1 aromatic carbocycles. The molecule has 0 bridgehead atoms. The van der Waals surface area contributed by atoms with Gasteiger partial charge in [0.1, 0.15) is 6.10 Å². The second-order valence-electron chi connectivity index (χ2n) is 5.43. The summed E-state index contributed by atoms with van der Waals surface area (Å²) in [6.07, 6.45) is 2.42. The first-order valence-electron chi connectivity index (χ1n) is 7.58. The van der Waals surface area contributed by atoms with E-state index in [1.165, 1.54) is 38.8 Å². The largest absolute Gasteiger partial charge is 0.383 e. The molecule has 1 unspecified atom stereocenters. The molecule has 0 spiro atoms. The summed E-state index contributed by atoms with van der Waals surface area (Å²) in [4.78, 5) is 17.5. The summed E-state index contributed by atoms with van der Waals surface area (Å²) in [5.41, 5.74) is 0.560. The minimum atomic E-state index is -3.79. The van der Waals surface area contributed by atoms with Gasteiger partial charge in [-0.05, 0) is 24.3 Å². The highest BCUT2D eigenvalue weighted by molar-refractivity contribution is 7.93. The Labute approximate surface area is 149 Å². The van der Waals surface area contributed by atoms with Gasteiger partial charge in [0.25, 0.3) is 15.9 Å². The van der Waals surface area contributed by atoms with E-state index in [0.717, 1.165) is 0 Å². The highest BCUT2D eigenvalue weighted by Gasteiger charge is 2.31. The Morgan fingerprint density at radius 3 is 2.64 bits per heavy atom. The molecule has 1 atom stereocenters. The fourth-order valence-electron chi connectivity index (χ4n) is 2.58. The Morgan fingerprint density at radius 2 is 2.12 bits per heavy atom. The Balaban J connectivity index is 1.90. The van der Waals surface area contributed by atoms with E-state index < -0.39 is 16.1 Å². The third-order valence-corrected chi connectivity index (χ3v) is 6.52. The smallest absolute Gasteiger partial charge is 0.266 e. The van der Waals surface area contributed by atoms with Crippen LogP contribution in [0, 0.1) is 0 Å². The van der Waals surface area contributed by atoms with Crippen molar-refractivity contribution in [2.45, 2.75) is 17.4 Å². The van der Waals surface area contributed by atoms with Crippen molar-refractivity contribution in [2.24, 2.45) is 0 Å². The second-order valence-corrected chi connectivity index (χ2v) is 8.16. The maximum atomic E-state index is 12.9. The first kappa shape index (κ1) is 17.6. The zero-order valence-electron chi connectivity index (χ0n) is 13.3. The summed E-state index contributed by atoms with van der Waals surface area (Å²) in [5.74, 6) is -0.369. The quantitative estimate of drug-likeness (QED) is 0.770. The van der Waals surface area contributed by atoms with Gasteiger partial charge in [0.05, 0.1) is 11.4 Å². The molecule has 3 rings (SSSR count). The van der Waals surface area contributed by atoms with Gasteiger partial charge < -0.3 is 10.0 Å². The number of hydrogen-bond acceptors (Lipinski definition) is 6. The summed E-state index contributed by atoms with van der Waals surface area (Å²) in [6.45, 7) is 4.12. The van der Waals surface area contributed by atoms with Crippen LogP contribution in [0.4, 0.5) is 10.8 Å². The van der Waals surface area contributed by atoms with Gasteiger partial charge in [0, 0.05) is 30.2 Å². The lowest BCUT2D eigenvalue weighted by Crippen LogP contribution is -2.31. The number of hydrogen-bond donors (Lipinski definition) is 1. The molecule has 1 N–H and O–H groups in total. The number of nitrogens with zero attached hydrogens (tertiary/aromatic N) is 3. The van der Waals surface area contributed by atoms with Crippen molar-refractivity contribution in [3.05, 3.63) is 48.5 Å². The SMILES string of the molecule is C=CCN(c1nccs1)S(=O)(=O)c1ccc(N2CCC(O)C2=O)cc1. The lowest BCUT2D eigenvalue weighted by atomic mass is 10.3. The first-order valence-corrected chi connectivity index (χ1v) is 9.90. The van der Waals surface area contributed by atoms with Crippen molar-refractivity contribution in [3.8, 4) is 0 Å². The van der Waals surface area contributed by atoms with E-state index in [0.29, 0.717) is 23.8 Å². The van der Waals surface area contributed by atoms with Crippen LogP contribution in [0.2, 0.25) is 0 Å². The Bertz CT molecular complexity index is 863. The van der Waals surface area contributed by atoms with Gasteiger partial charge >= 0.3 is 0 Å². The lowest BCUT2D eigenvalue weighted by Gasteiger charge is -2.21. The average Bonchev–Trinajstić information content (AvgIpc) is 3.24. The summed E-state index contributed by atoms with van der Waals surface area (Å²) < 4.78 is 27.0. The number of carbonyl (C=O) groups is 1. The van der Waals surface area contributed by atoms with E-state index in [9.17, 15) is 18.3 Å². The molecular weight excluding hydrogens is 362 g/mol. The van der Waals surface area contributed by atoms with Crippen LogP contribution >= 0.6 is 11.3 Å². The number of anilines is 2. The number of amides is 1. The van der Waals surface area contributed by atoms with E-state index >= 15 is 0 Å². The summed E-state index contributed by atoms with van der Waals surface area (Å²) in [6, 6.07) is 6.03. The fourth-order valence-corrected chi connectivity index (χ4v) is 4.85. The molecule has 1 saturated heterocycles. The van der Waals surface area contributed by atoms with Crippen LogP contribution in [0.3, 0.4) is 0 Å². The number of aromatic nitrogens is 1. The van der Waals surface area contributed by atoms with Crippen LogP contribution in [0.15, 0.2) is 53.4 Å². The first-order chi connectivity index (χ1) is 11.9. The predicted octanol–water partition coefficient (Wildman–Crippen LogP) is 1.62. The van der Waals surface area contributed by atoms with Gasteiger partial charge in [-0.25, -0.2) is 17.7 Å². The Morgan fingerprint density at radius 1 is 1.40 bits per heavy atom. The molecule has 2 aromatic rings. The molecule has 0 saturated carbocycles. The number of aliphatic hydroxyl groups is 1. The molecular formula is C16H17N3O4S2. The van der Waals surface area contributed by atoms with Crippen molar-refractivity contribution < 1.29 is 18.3 Å². The number of benzene rings is 1. The van der Waals surface area contributed by atoms with E-state index in [-0.39, 0.29) is 17.3 Å². The summed E-state index contributed by atoms with van der Waals surface area (Å²) in [7, 11) is -3.79. The van der Waals surface area contributed by atoms with Gasteiger partial charge in [-0.3, -0.25) is 4.79 Å². The van der Waals surface area contributed by atoms with Crippen molar-refractivity contribution >= 4 is 38.1 Å². The molecule has 1 amide bonds. The minimum Gasteiger partial charge on any atom is -0.383 e. The topological polar surface area (TPSA) is 90.8 Å². The molecule has 7 nitrogen and oxygen atoms in total. The van der Waals surface area contributed by atoms with Gasteiger partial charge in [0.15, 0.2) is 5.13 Å². The van der Waals surface area contributed by atoms with Gasteiger partial charge in [-0.15, -0.1) is 17.9 Å². The number of thiazole rings is 1. The second kappa shape index (κ2) is 6.95. The molecule has 1 fully saturated rings. The van der Waals surface area contributed by atoms with Crippen LogP contribution < -0.4 is 9.21 Å². The van der Waals surface area contributed by atoms with E-state index in [2.05, 4.69) is 11.6 Å². The van der Waals surface area contributed by atoms with Crippen molar-refractivity contribution in [1.29, 1.82) is 0 Å². The van der Waals surface area contributed by atoms with Crippen LogP contribution in [-0.2, 0) is 14.8 Å². The standard InChI is InChI=1S/C16H17N3O4S2/c1-2-9-19(16-17-8-11-24-16)25(22,23)13-5-3-12(4-6-13)18-10-7-14(20)15(18)21/h2-6,8,11,14,20H,1,7,9-10H2. The third-order valence-electron chi connectivity index (χ3n) is 3.84. The van der Waals surface area contributed by atoms with E-state index in [4.69, 9.17) is 0 Å². The third kappa shape index (κ3) is 3.30. The molecule has 1 aromatic heterocycles. The monoisotopic (exact) mass is 379 g/mol. The van der Waals surface area contributed by atoms with Gasteiger partial charge in [0.2, 0.25) is 0 Å². The number of sulfonamides is 1. The van der Waals surface area contributed by atoms with E-state index in [1.807, 2.05) is 0 Å². The fraction of sp³-hybridized carbons (Fsp3) is 0.250. The average molecular weight is 379 g/mol. The van der Waals surface area contributed by atoms with Gasteiger partial charge in [-0.2, -0.15) is 0 Å². The minimum absolute atomic E-state index is 0.0977. The van der Waals surface area contributed by atoms with Crippen LogP contribution in [0.1, 0.15) is 6.42 Å². The maximum absolute atomic E-state index is 12.9. The van der Waals surface area contributed by atoms with Crippen molar-refractivity contribution in [1.82, 2.24) is 4.98 Å². The molecule has 0 aliphatic carbocycles. The number of carbonyl (C=O) groups excluding carboxylic acids is 1. The van der Waals surface area contributed by atoms with E-state index in [1.54, 1.807) is 23.7 Å². The molecule has 0 radical (unpaired) electrons. The number of aliphatic hydroxyl groups excluding tert-OH is 1. The normalized spacial score (nSPS) is 17.7. The summed E-state index contributed by atoms with van der Waals surface area (Å²) in [5, 5.41) is 11.6. The zero-order chi connectivity index (χ0) is 18.0. The molecule has 9 heteroatoms. The predicted molar refractivity (Wildman–Crippen MR) is 96.3 cm³/mol. The summed E-state index contributed by atoms with van der Waals surface area (Å²) >= 11 is 1.22. The Kier molecular flexibility index (Phi) is 4.89. The molecule has 132 valence electrons. The van der Waals surface area contributed by atoms with Gasteiger partial charge in [-0.1, -0.05) is 6.08 Å². The molecule has 25 heavy (non-hydrogen) atoms. The van der Waals surface area contributed by atoms with Crippen LogP contribution in [0.5, 0.6) is 0 Å². The van der Waals surface area contributed by atoms with Crippen LogP contribution in [-0.4, -0.2) is 43.6 Å². The zero-order valence-corrected chi connectivity index (χ0v) is 14.9. The highest BCUT2D eigenvalue weighted by atomic mass is 32.2. The molecule has 1 aliphatic rings. The lowest BCUT2D eigenvalue weighted by molar-refractivity contribution is -0.123. The van der Waals surface area contributed by atoms with Crippen LogP contribution in [0.25, 0.3) is 0 Å². The highest BCUT2D eigenvalue weighted by Crippen LogP contribution is 2.28. The van der Waals surface area contributed by atoms with Crippen molar-refractivity contribution in [2.75, 3.05) is 22.3 Å². The number of rotatable bonds is 6. The van der Waals surface area contributed by atoms with Crippen molar-refractivity contribution in [3.63, 3.8) is 0 Å². The maximum Gasteiger partial charge on any atom is 0.266 e. The molecule has 2 heterocycles. The Hall–Kier alpha value is -2.23. The molecule has 1 aliphatic heterocycles.